The second kappa shape index (κ2) is 5.91. The number of aromatic nitrogens is 1. The maximum Gasteiger partial charge on any atom is 0.242 e. The smallest absolute Gasteiger partial charge is 0.242 e. The van der Waals surface area contributed by atoms with Crippen LogP contribution in [0.15, 0.2) is 65.7 Å². The molecule has 1 heterocycles. The summed E-state index contributed by atoms with van der Waals surface area (Å²) >= 11 is 0. The summed E-state index contributed by atoms with van der Waals surface area (Å²) in [4.78, 5) is 4.32. The van der Waals surface area contributed by atoms with Gasteiger partial charge in [-0.3, -0.25) is 4.98 Å². The third kappa shape index (κ3) is 2.82. The van der Waals surface area contributed by atoms with Crippen LogP contribution in [0, 0.1) is 0 Å². The number of fused-ring (bicyclic) bond motifs is 2. The van der Waals surface area contributed by atoms with Gasteiger partial charge in [-0.1, -0.05) is 42.5 Å². The number of nitrogens with one attached hydrogen (secondary N) is 1. The van der Waals surface area contributed by atoms with Crippen molar-refractivity contribution in [2.45, 2.75) is 23.3 Å². The predicted molar refractivity (Wildman–Crippen MR) is 95.6 cm³/mol. The molecule has 1 aliphatic rings. The number of hydrogen-bond acceptors (Lipinski definition) is 4. The molecule has 0 amide bonds. The van der Waals surface area contributed by atoms with E-state index < -0.39 is 15.6 Å². The molecule has 2 aromatic carbocycles. The highest BCUT2D eigenvalue weighted by Gasteiger charge is 2.37. The molecular weight excluding hydrogens is 336 g/mol. The van der Waals surface area contributed by atoms with Crippen LogP contribution >= 0.6 is 0 Å². The summed E-state index contributed by atoms with van der Waals surface area (Å²) in [5.74, 6) is 0. The molecule has 0 radical (unpaired) electrons. The van der Waals surface area contributed by atoms with Crippen molar-refractivity contribution in [1.29, 1.82) is 0 Å². The van der Waals surface area contributed by atoms with E-state index in [4.69, 9.17) is 0 Å². The van der Waals surface area contributed by atoms with Crippen molar-refractivity contribution in [1.82, 2.24) is 9.71 Å². The number of aryl methyl sites for hydroxylation is 1. The van der Waals surface area contributed by atoms with E-state index in [0.29, 0.717) is 11.9 Å². The number of pyridine rings is 1. The van der Waals surface area contributed by atoms with Gasteiger partial charge in [-0.25, -0.2) is 13.1 Å². The van der Waals surface area contributed by atoms with Gasteiger partial charge in [0.1, 0.15) is 10.5 Å². The number of nitrogens with zero attached hydrogens (tertiary/aromatic N) is 1. The molecule has 0 saturated carbocycles. The van der Waals surface area contributed by atoms with Gasteiger partial charge in [-0.05, 0) is 36.1 Å². The van der Waals surface area contributed by atoms with E-state index in [0.717, 1.165) is 22.9 Å². The van der Waals surface area contributed by atoms with Crippen LogP contribution in [0.25, 0.3) is 10.9 Å². The number of aliphatic hydroxyl groups is 1. The van der Waals surface area contributed by atoms with Crippen LogP contribution in [-0.4, -0.2) is 25.1 Å². The van der Waals surface area contributed by atoms with Gasteiger partial charge in [-0.2, -0.15) is 0 Å². The Labute approximate surface area is 146 Å². The highest BCUT2D eigenvalue weighted by molar-refractivity contribution is 7.89. The molecule has 5 nitrogen and oxygen atoms in total. The lowest BCUT2D eigenvalue weighted by molar-refractivity contribution is 0.0442. The Bertz CT molecular complexity index is 1040. The van der Waals surface area contributed by atoms with Crippen molar-refractivity contribution in [3.8, 4) is 0 Å². The summed E-state index contributed by atoms with van der Waals surface area (Å²) in [5.41, 5.74) is 1.11. The molecule has 0 bridgehead atoms. The number of hydrogen-bond donors (Lipinski definition) is 2. The molecule has 25 heavy (non-hydrogen) atoms. The molecule has 1 aromatic heterocycles. The van der Waals surface area contributed by atoms with Crippen molar-refractivity contribution in [2.75, 3.05) is 6.54 Å². The molecule has 1 aliphatic carbocycles. The van der Waals surface area contributed by atoms with Crippen LogP contribution in [-0.2, 0) is 22.0 Å². The third-order valence-corrected chi connectivity index (χ3v) is 6.20. The molecule has 2 N–H and O–H groups in total. The number of para-hydroxylation sites is 1. The zero-order chi connectivity index (χ0) is 17.5. The van der Waals surface area contributed by atoms with Gasteiger partial charge in [-0.15, -0.1) is 0 Å². The van der Waals surface area contributed by atoms with Gasteiger partial charge in [0, 0.05) is 18.1 Å². The Hall–Kier alpha value is -2.28. The Morgan fingerprint density at radius 3 is 2.76 bits per heavy atom. The first-order valence-electron chi connectivity index (χ1n) is 8.14. The summed E-state index contributed by atoms with van der Waals surface area (Å²) in [6.07, 6.45) is 2.81. The van der Waals surface area contributed by atoms with Crippen LogP contribution < -0.4 is 4.72 Å². The number of rotatable bonds is 4. The topological polar surface area (TPSA) is 79.3 Å². The molecule has 6 heteroatoms. The highest BCUT2D eigenvalue weighted by Crippen LogP contribution is 2.36. The molecule has 0 fully saturated rings. The highest BCUT2D eigenvalue weighted by atomic mass is 32.2. The molecule has 4 rings (SSSR count). The summed E-state index contributed by atoms with van der Waals surface area (Å²) in [7, 11) is -3.79. The molecule has 128 valence electrons. The van der Waals surface area contributed by atoms with Gasteiger partial charge in [0.15, 0.2) is 0 Å². The molecule has 1 atom stereocenters. The fourth-order valence-electron chi connectivity index (χ4n) is 3.44. The van der Waals surface area contributed by atoms with E-state index in [2.05, 4.69) is 9.71 Å². The van der Waals surface area contributed by atoms with Gasteiger partial charge < -0.3 is 5.11 Å². The first kappa shape index (κ1) is 16.2. The molecule has 1 unspecified atom stereocenters. The summed E-state index contributed by atoms with van der Waals surface area (Å²) in [6.45, 7) is -0.0600. The van der Waals surface area contributed by atoms with Crippen molar-refractivity contribution in [3.63, 3.8) is 0 Å². The number of sulfonamides is 1. The zero-order valence-corrected chi connectivity index (χ0v) is 14.3. The molecular formula is C19H18N2O3S. The summed E-state index contributed by atoms with van der Waals surface area (Å²) in [5, 5.41) is 11.7. The monoisotopic (exact) mass is 354 g/mol. The van der Waals surface area contributed by atoms with Crippen LogP contribution in [0.1, 0.15) is 17.5 Å². The maximum atomic E-state index is 12.8. The fraction of sp³-hybridized carbons (Fsp3) is 0.211. The van der Waals surface area contributed by atoms with Crippen molar-refractivity contribution < 1.29 is 13.5 Å². The van der Waals surface area contributed by atoms with Crippen LogP contribution in [0.5, 0.6) is 0 Å². The lowest BCUT2D eigenvalue weighted by atomic mass is 9.96. The standard InChI is InChI=1S/C19H18N2O3S/c22-19(11-10-14-5-1-2-8-16(14)19)13-21-25(23,24)17-9-3-6-15-7-4-12-20-18(15)17/h1-9,12,21-22H,10-11,13H2. The van der Waals surface area contributed by atoms with Crippen molar-refractivity contribution >= 4 is 20.9 Å². The van der Waals surface area contributed by atoms with E-state index in [9.17, 15) is 13.5 Å². The lowest BCUT2D eigenvalue weighted by Gasteiger charge is -2.24. The molecule has 0 aliphatic heterocycles. The van der Waals surface area contributed by atoms with E-state index in [1.807, 2.05) is 36.4 Å². The SMILES string of the molecule is O=S(=O)(NCC1(O)CCc2ccccc21)c1cccc2cccnc12. The zero-order valence-electron chi connectivity index (χ0n) is 13.5. The van der Waals surface area contributed by atoms with E-state index in [1.54, 1.807) is 18.3 Å². The normalized spacial score (nSPS) is 19.9. The summed E-state index contributed by atoms with van der Waals surface area (Å²) < 4.78 is 28.2. The quantitative estimate of drug-likeness (QED) is 0.754. The minimum absolute atomic E-state index is 0.0600. The first-order chi connectivity index (χ1) is 12.0. The minimum atomic E-state index is -3.79. The Morgan fingerprint density at radius 2 is 1.88 bits per heavy atom. The maximum absolute atomic E-state index is 12.8. The van der Waals surface area contributed by atoms with Crippen molar-refractivity contribution in [2.24, 2.45) is 0 Å². The Morgan fingerprint density at radius 1 is 1.08 bits per heavy atom. The average molecular weight is 354 g/mol. The van der Waals surface area contributed by atoms with E-state index >= 15 is 0 Å². The molecule has 0 spiro atoms. The third-order valence-electron chi connectivity index (χ3n) is 4.77. The first-order valence-corrected chi connectivity index (χ1v) is 9.62. The van der Waals surface area contributed by atoms with Crippen molar-refractivity contribution in [3.05, 3.63) is 71.9 Å². The largest absolute Gasteiger partial charge is 0.384 e. The van der Waals surface area contributed by atoms with Crippen LogP contribution in [0.4, 0.5) is 0 Å². The minimum Gasteiger partial charge on any atom is -0.384 e. The fourth-order valence-corrected chi connectivity index (χ4v) is 4.70. The second-order valence-electron chi connectivity index (χ2n) is 6.34. The van der Waals surface area contributed by atoms with E-state index in [1.165, 1.54) is 6.07 Å². The van der Waals surface area contributed by atoms with E-state index in [-0.39, 0.29) is 11.4 Å². The van der Waals surface area contributed by atoms with Gasteiger partial charge in [0.25, 0.3) is 0 Å². The average Bonchev–Trinajstić information content (AvgIpc) is 2.98. The second-order valence-corrected chi connectivity index (χ2v) is 8.08. The van der Waals surface area contributed by atoms with Crippen LogP contribution in [0.2, 0.25) is 0 Å². The Kier molecular flexibility index (Phi) is 3.83. The van der Waals surface area contributed by atoms with Gasteiger partial charge >= 0.3 is 0 Å². The molecule has 3 aromatic rings. The Balaban J connectivity index is 1.65. The number of benzene rings is 2. The summed E-state index contributed by atoms with van der Waals surface area (Å²) in [6, 6.07) is 16.2. The van der Waals surface area contributed by atoms with Gasteiger partial charge in [0.05, 0.1) is 5.52 Å². The predicted octanol–water partition coefficient (Wildman–Crippen LogP) is 2.35. The molecule has 0 saturated heterocycles. The van der Waals surface area contributed by atoms with Gasteiger partial charge in [0.2, 0.25) is 10.0 Å². The lowest BCUT2D eigenvalue weighted by Crippen LogP contribution is -2.39. The van der Waals surface area contributed by atoms with Crippen LogP contribution in [0.3, 0.4) is 0 Å².